The maximum atomic E-state index is 13.3. The number of aromatic nitrogens is 2. The minimum absolute atomic E-state index is 0.00391. The molecule has 0 N–H and O–H groups in total. The van der Waals surface area contributed by atoms with Crippen LogP contribution in [0.3, 0.4) is 0 Å². The Hall–Kier alpha value is -2.23. The standard InChI is InChI=1S/C16H22F2N4O4/c1-19-12(9-13(23)20(2)15(19)25)22-7-8-26-11(10-22)14(24)21-5-3-16(17,18)4-6-21/h9,11H,3-8,10H2,1-2H3. The monoisotopic (exact) mass is 372 g/mol. The molecule has 2 saturated heterocycles. The van der Waals surface area contributed by atoms with Crippen molar-refractivity contribution in [3.8, 4) is 0 Å². The molecule has 144 valence electrons. The Morgan fingerprint density at radius 1 is 1.15 bits per heavy atom. The van der Waals surface area contributed by atoms with Crippen LogP contribution in [-0.2, 0) is 23.6 Å². The Bertz CT molecular complexity index is 809. The Labute approximate surface area is 148 Å². The van der Waals surface area contributed by atoms with Crippen LogP contribution in [0.5, 0.6) is 0 Å². The molecule has 2 fully saturated rings. The number of morpholine rings is 1. The topological polar surface area (TPSA) is 76.8 Å². The third-order valence-corrected chi connectivity index (χ3v) is 4.97. The van der Waals surface area contributed by atoms with Gasteiger partial charge in [0.15, 0.2) is 6.10 Å². The van der Waals surface area contributed by atoms with E-state index in [2.05, 4.69) is 0 Å². The predicted octanol–water partition coefficient (Wildman–Crippen LogP) is -0.453. The highest BCUT2D eigenvalue weighted by Gasteiger charge is 2.38. The van der Waals surface area contributed by atoms with Gasteiger partial charge in [0, 0.05) is 52.6 Å². The van der Waals surface area contributed by atoms with Gasteiger partial charge in [0.1, 0.15) is 5.82 Å². The number of carbonyl (C=O) groups is 1. The summed E-state index contributed by atoms with van der Waals surface area (Å²) >= 11 is 0. The average Bonchev–Trinajstić information content (AvgIpc) is 2.62. The van der Waals surface area contributed by atoms with Crippen molar-refractivity contribution in [3.63, 3.8) is 0 Å². The van der Waals surface area contributed by atoms with Gasteiger partial charge < -0.3 is 14.5 Å². The second-order valence-electron chi connectivity index (χ2n) is 6.73. The van der Waals surface area contributed by atoms with Gasteiger partial charge in [0.2, 0.25) is 0 Å². The summed E-state index contributed by atoms with van der Waals surface area (Å²) in [6.45, 7) is 0.810. The Kier molecular flexibility index (Phi) is 4.87. The van der Waals surface area contributed by atoms with Crippen molar-refractivity contribution < 1.29 is 18.3 Å². The Morgan fingerprint density at radius 2 is 1.81 bits per heavy atom. The zero-order valence-corrected chi connectivity index (χ0v) is 14.8. The van der Waals surface area contributed by atoms with Crippen molar-refractivity contribution in [2.24, 2.45) is 14.1 Å². The van der Waals surface area contributed by atoms with Gasteiger partial charge in [0.05, 0.1) is 13.2 Å². The van der Waals surface area contributed by atoms with E-state index in [0.29, 0.717) is 12.4 Å². The molecule has 1 atom stereocenters. The number of ether oxygens (including phenoxy) is 1. The van der Waals surface area contributed by atoms with Gasteiger partial charge in [-0.25, -0.2) is 13.6 Å². The molecular weight excluding hydrogens is 350 g/mol. The maximum absolute atomic E-state index is 13.3. The summed E-state index contributed by atoms with van der Waals surface area (Å²) in [6.07, 6.45) is -1.51. The Balaban J connectivity index is 1.75. The minimum atomic E-state index is -2.72. The first-order valence-electron chi connectivity index (χ1n) is 8.50. The smallest absolute Gasteiger partial charge is 0.332 e. The zero-order chi connectivity index (χ0) is 19.1. The molecular formula is C16H22F2N4O4. The highest BCUT2D eigenvalue weighted by Crippen LogP contribution is 2.28. The maximum Gasteiger partial charge on any atom is 0.332 e. The largest absolute Gasteiger partial charge is 0.365 e. The number of halogens is 2. The summed E-state index contributed by atoms with van der Waals surface area (Å²) < 4.78 is 34.4. The molecule has 0 saturated carbocycles. The molecule has 1 amide bonds. The lowest BCUT2D eigenvalue weighted by Crippen LogP contribution is -2.54. The second-order valence-corrected chi connectivity index (χ2v) is 6.73. The van der Waals surface area contributed by atoms with Gasteiger partial charge in [-0.3, -0.25) is 18.7 Å². The fraction of sp³-hybridized carbons (Fsp3) is 0.688. The number of hydrogen-bond acceptors (Lipinski definition) is 5. The van der Waals surface area contributed by atoms with Gasteiger partial charge in [-0.1, -0.05) is 0 Å². The van der Waals surface area contributed by atoms with Crippen LogP contribution in [0.1, 0.15) is 12.8 Å². The molecule has 0 aromatic carbocycles. The molecule has 1 aromatic heterocycles. The molecule has 26 heavy (non-hydrogen) atoms. The van der Waals surface area contributed by atoms with E-state index in [1.807, 2.05) is 0 Å². The van der Waals surface area contributed by atoms with Gasteiger partial charge in [-0.15, -0.1) is 0 Å². The number of rotatable bonds is 2. The van der Waals surface area contributed by atoms with Crippen molar-refractivity contribution >= 4 is 11.7 Å². The molecule has 3 heterocycles. The molecule has 3 rings (SSSR count). The fourth-order valence-corrected chi connectivity index (χ4v) is 3.29. The molecule has 0 aliphatic carbocycles. The lowest BCUT2D eigenvalue weighted by Gasteiger charge is -2.38. The van der Waals surface area contributed by atoms with E-state index >= 15 is 0 Å². The van der Waals surface area contributed by atoms with Gasteiger partial charge >= 0.3 is 5.69 Å². The Morgan fingerprint density at radius 3 is 2.46 bits per heavy atom. The van der Waals surface area contributed by atoms with Crippen molar-refractivity contribution in [2.75, 3.05) is 37.7 Å². The van der Waals surface area contributed by atoms with E-state index in [-0.39, 0.29) is 45.0 Å². The summed E-state index contributed by atoms with van der Waals surface area (Å²) in [5.41, 5.74) is -0.893. The van der Waals surface area contributed by atoms with Crippen LogP contribution in [-0.4, -0.2) is 64.8 Å². The zero-order valence-electron chi connectivity index (χ0n) is 14.8. The van der Waals surface area contributed by atoms with Crippen LogP contribution in [0, 0.1) is 0 Å². The molecule has 10 heteroatoms. The van der Waals surface area contributed by atoms with E-state index in [1.165, 1.54) is 22.6 Å². The number of amides is 1. The minimum Gasteiger partial charge on any atom is -0.365 e. The molecule has 0 spiro atoms. The third-order valence-electron chi connectivity index (χ3n) is 4.97. The predicted molar refractivity (Wildman–Crippen MR) is 89.6 cm³/mol. The normalized spacial score (nSPS) is 23.2. The lowest BCUT2D eigenvalue weighted by molar-refractivity contribution is -0.150. The molecule has 1 aromatic rings. The second kappa shape index (κ2) is 6.82. The molecule has 2 aliphatic heterocycles. The first kappa shape index (κ1) is 18.6. The average molecular weight is 372 g/mol. The number of likely N-dealkylation sites (tertiary alicyclic amines) is 1. The van der Waals surface area contributed by atoms with Crippen molar-refractivity contribution in [3.05, 3.63) is 26.9 Å². The first-order valence-corrected chi connectivity index (χ1v) is 8.50. The van der Waals surface area contributed by atoms with E-state index in [0.717, 1.165) is 4.57 Å². The van der Waals surface area contributed by atoms with Crippen LogP contribution >= 0.6 is 0 Å². The number of carbonyl (C=O) groups excluding carboxylic acids is 1. The third kappa shape index (κ3) is 3.50. The van der Waals surface area contributed by atoms with Gasteiger partial charge in [0.25, 0.3) is 17.4 Å². The van der Waals surface area contributed by atoms with Gasteiger partial charge in [-0.2, -0.15) is 0 Å². The van der Waals surface area contributed by atoms with Crippen molar-refractivity contribution in [2.45, 2.75) is 24.9 Å². The fourth-order valence-electron chi connectivity index (χ4n) is 3.29. The van der Waals surface area contributed by atoms with Crippen LogP contribution in [0.2, 0.25) is 0 Å². The molecule has 0 radical (unpaired) electrons. The summed E-state index contributed by atoms with van der Waals surface area (Å²) in [6, 6.07) is 1.34. The van der Waals surface area contributed by atoms with Crippen molar-refractivity contribution in [1.29, 1.82) is 0 Å². The number of nitrogens with zero attached hydrogens (tertiary/aromatic N) is 4. The van der Waals surface area contributed by atoms with Crippen LogP contribution in [0.15, 0.2) is 15.7 Å². The molecule has 0 bridgehead atoms. The van der Waals surface area contributed by atoms with E-state index < -0.39 is 23.3 Å². The van der Waals surface area contributed by atoms with Gasteiger partial charge in [-0.05, 0) is 0 Å². The summed E-state index contributed by atoms with van der Waals surface area (Å²) in [5, 5.41) is 0. The highest BCUT2D eigenvalue weighted by molar-refractivity contribution is 5.82. The van der Waals surface area contributed by atoms with E-state index in [1.54, 1.807) is 11.9 Å². The molecule has 2 aliphatic rings. The number of hydrogen-bond donors (Lipinski definition) is 0. The highest BCUT2D eigenvalue weighted by atomic mass is 19.3. The number of piperidine rings is 1. The van der Waals surface area contributed by atoms with Crippen molar-refractivity contribution in [1.82, 2.24) is 14.0 Å². The van der Waals surface area contributed by atoms with E-state index in [4.69, 9.17) is 4.74 Å². The number of anilines is 1. The van der Waals surface area contributed by atoms with E-state index in [9.17, 15) is 23.2 Å². The molecule has 8 nitrogen and oxygen atoms in total. The summed E-state index contributed by atoms with van der Waals surface area (Å²) in [4.78, 5) is 39.8. The lowest BCUT2D eigenvalue weighted by atomic mass is 10.1. The van der Waals surface area contributed by atoms with Crippen LogP contribution < -0.4 is 16.1 Å². The first-order chi connectivity index (χ1) is 12.2. The SMILES string of the molecule is Cn1c(N2CCOC(C(=O)N3CCC(F)(F)CC3)C2)cc(=O)n(C)c1=O. The van der Waals surface area contributed by atoms with Crippen LogP contribution in [0.25, 0.3) is 0 Å². The van der Waals surface area contributed by atoms with Crippen LogP contribution in [0.4, 0.5) is 14.6 Å². The molecule has 1 unspecified atom stereocenters. The quantitative estimate of drug-likeness (QED) is 0.703. The summed E-state index contributed by atoms with van der Waals surface area (Å²) in [5.74, 6) is -2.65. The number of alkyl halides is 2. The summed E-state index contributed by atoms with van der Waals surface area (Å²) in [7, 11) is 2.95.